The Morgan fingerprint density at radius 1 is 1.24 bits per heavy atom. The van der Waals surface area contributed by atoms with E-state index in [2.05, 4.69) is 34.9 Å². The molecule has 2 heterocycles. The number of amides is 1. The third-order valence-electron chi connectivity index (χ3n) is 5.62. The van der Waals surface area contributed by atoms with Crippen LogP contribution in [0.1, 0.15) is 24.0 Å². The summed E-state index contributed by atoms with van der Waals surface area (Å²) in [7, 11) is -3.42. The van der Waals surface area contributed by atoms with Crippen LogP contribution in [-0.4, -0.2) is 54.6 Å². The molecule has 1 aromatic carbocycles. The van der Waals surface area contributed by atoms with E-state index in [1.807, 2.05) is 6.07 Å². The minimum absolute atomic E-state index is 0.143. The quantitative estimate of drug-likeness (QED) is 0.805. The molecule has 3 atom stereocenters. The summed E-state index contributed by atoms with van der Waals surface area (Å²) >= 11 is 0. The Morgan fingerprint density at radius 2 is 1.97 bits per heavy atom. The topological polar surface area (TPSA) is 93.5 Å². The van der Waals surface area contributed by atoms with Crippen LogP contribution in [0, 0.1) is 18.8 Å². The van der Waals surface area contributed by atoms with Crippen LogP contribution in [0.25, 0.3) is 0 Å². The number of carbonyl (C=O) groups is 1. The van der Waals surface area contributed by atoms with Crippen LogP contribution < -0.4 is 4.72 Å². The molecule has 1 saturated carbocycles. The molecular formula is C20H26N4O4S. The molecule has 8 nitrogen and oxygen atoms in total. The molecule has 29 heavy (non-hydrogen) atoms. The zero-order valence-corrected chi connectivity index (χ0v) is 17.4. The van der Waals surface area contributed by atoms with Crippen LogP contribution in [0.15, 0.2) is 36.5 Å². The number of hydrogen-bond donors (Lipinski definition) is 1. The van der Waals surface area contributed by atoms with Crippen molar-refractivity contribution >= 4 is 21.9 Å². The lowest BCUT2D eigenvalue weighted by Gasteiger charge is -2.19. The van der Waals surface area contributed by atoms with Crippen molar-refractivity contribution in [2.45, 2.75) is 32.5 Å². The van der Waals surface area contributed by atoms with E-state index >= 15 is 0 Å². The molecule has 1 N–H and O–H groups in total. The van der Waals surface area contributed by atoms with E-state index < -0.39 is 10.0 Å². The average Bonchev–Trinajstić information content (AvgIpc) is 3.32. The monoisotopic (exact) mass is 418 g/mol. The second kappa shape index (κ2) is 7.79. The fourth-order valence-corrected chi connectivity index (χ4v) is 4.86. The largest absolute Gasteiger partial charge is 0.374 e. The minimum Gasteiger partial charge on any atom is -0.374 e. The predicted molar refractivity (Wildman–Crippen MR) is 109 cm³/mol. The van der Waals surface area contributed by atoms with Gasteiger partial charge in [-0.15, -0.1) is 5.10 Å². The summed E-state index contributed by atoms with van der Waals surface area (Å²) in [6, 6.07) is 9.61. The first kappa shape index (κ1) is 19.9. The van der Waals surface area contributed by atoms with Gasteiger partial charge in [-0.05, 0) is 37.2 Å². The number of fused-ring (bicyclic) bond motifs is 1. The maximum Gasteiger partial charge on any atom is 0.344 e. The van der Waals surface area contributed by atoms with E-state index in [1.165, 1.54) is 28.1 Å². The molecule has 1 amide bonds. The second-order valence-electron chi connectivity index (χ2n) is 8.12. The number of nitrogens with zero attached hydrogens (tertiary/aromatic N) is 3. The SMILES string of the molecule is Cc1cccc(COC2C[C@@H]3CN(C(=O)n4ccc(NS(C)(=O)=O)n4)C[C@@H]3C2)c1. The van der Waals surface area contributed by atoms with Crippen LogP contribution in [0.2, 0.25) is 0 Å². The first-order valence-electron chi connectivity index (χ1n) is 9.77. The molecule has 4 rings (SSSR count). The fraction of sp³-hybridized carbons (Fsp3) is 0.500. The number of benzene rings is 1. The Morgan fingerprint density at radius 3 is 2.62 bits per heavy atom. The number of carbonyl (C=O) groups excluding carboxylic acids is 1. The Balaban J connectivity index is 1.29. The molecule has 1 aliphatic heterocycles. The molecule has 2 aromatic rings. The highest BCUT2D eigenvalue weighted by molar-refractivity contribution is 7.92. The molecule has 1 unspecified atom stereocenters. The Bertz CT molecular complexity index is 989. The predicted octanol–water partition coefficient (Wildman–Crippen LogP) is 2.46. The zero-order chi connectivity index (χ0) is 20.6. The molecule has 1 aromatic heterocycles. The van der Waals surface area contributed by atoms with Gasteiger partial charge in [-0.1, -0.05) is 29.8 Å². The van der Waals surface area contributed by atoms with Gasteiger partial charge in [-0.2, -0.15) is 4.68 Å². The van der Waals surface area contributed by atoms with Gasteiger partial charge in [-0.25, -0.2) is 13.2 Å². The van der Waals surface area contributed by atoms with Crippen LogP contribution in [0.5, 0.6) is 0 Å². The van der Waals surface area contributed by atoms with Crippen molar-refractivity contribution in [3.05, 3.63) is 47.7 Å². The summed E-state index contributed by atoms with van der Waals surface area (Å²) in [4.78, 5) is 14.5. The van der Waals surface area contributed by atoms with E-state index in [9.17, 15) is 13.2 Å². The van der Waals surface area contributed by atoms with Crippen molar-refractivity contribution in [3.63, 3.8) is 0 Å². The van der Waals surface area contributed by atoms with Gasteiger partial charge in [0.15, 0.2) is 5.82 Å². The average molecular weight is 419 g/mol. The number of ether oxygens (including phenoxy) is 1. The molecule has 0 spiro atoms. The van der Waals surface area contributed by atoms with Gasteiger partial charge in [-0.3, -0.25) is 4.72 Å². The van der Waals surface area contributed by atoms with Gasteiger partial charge in [0.25, 0.3) is 0 Å². The summed E-state index contributed by atoms with van der Waals surface area (Å²) in [6.45, 7) is 4.07. The number of aromatic nitrogens is 2. The highest BCUT2D eigenvalue weighted by atomic mass is 32.2. The van der Waals surface area contributed by atoms with E-state index in [0.29, 0.717) is 31.5 Å². The maximum atomic E-state index is 12.7. The van der Waals surface area contributed by atoms with Crippen molar-refractivity contribution in [1.82, 2.24) is 14.7 Å². The lowest BCUT2D eigenvalue weighted by molar-refractivity contribution is 0.0383. The number of nitrogens with one attached hydrogen (secondary N) is 1. The van der Waals surface area contributed by atoms with Gasteiger partial charge in [0, 0.05) is 25.4 Å². The molecule has 9 heteroatoms. The van der Waals surface area contributed by atoms with Crippen molar-refractivity contribution in [3.8, 4) is 0 Å². The van der Waals surface area contributed by atoms with Crippen LogP contribution in [0.4, 0.5) is 10.6 Å². The number of rotatable bonds is 5. The molecule has 2 fully saturated rings. The molecule has 1 saturated heterocycles. The summed E-state index contributed by atoms with van der Waals surface area (Å²) in [5.74, 6) is 1.01. The van der Waals surface area contributed by atoms with Crippen molar-refractivity contribution in [2.75, 3.05) is 24.1 Å². The van der Waals surface area contributed by atoms with Crippen LogP contribution >= 0.6 is 0 Å². The normalized spacial score (nSPS) is 23.9. The number of sulfonamides is 1. The van der Waals surface area contributed by atoms with Gasteiger partial charge < -0.3 is 9.64 Å². The summed E-state index contributed by atoms with van der Waals surface area (Å²) < 4.78 is 32.2. The van der Waals surface area contributed by atoms with Crippen molar-refractivity contribution < 1.29 is 17.9 Å². The fourth-order valence-electron chi connectivity index (χ4n) is 4.37. The van der Waals surface area contributed by atoms with E-state index in [1.54, 1.807) is 4.90 Å². The van der Waals surface area contributed by atoms with Gasteiger partial charge in [0.1, 0.15) is 0 Å². The van der Waals surface area contributed by atoms with E-state index in [-0.39, 0.29) is 18.0 Å². The Hall–Kier alpha value is -2.39. The third kappa shape index (κ3) is 4.79. The van der Waals surface area contributed by atoms with Crippen molar-refractivity contribution in [2.24, 2.45) is 11.8 Å². The summed E-state index contributed by atoms with van der Waals surface area (Å²) in [5, 5.41) is 4.03. The minimum atomic E-state index is -3.42. The smallest absolute Gasteiger partial charge is 0.344 e. The van der Waals surface area contributed by atoms with Gasteiger partial charge in [0.2, 0.25) is 10.0 Å². The Labute approximate surface area is 170 Å². The highest BCUT2D eigenvalue weighted by Crippen LogP contribution is 2.39. The van der Waals surface area contributed by atoms with Crippen LogP contribution in [-0.2, 0) is 21.4 Å². The lowest BCUT2D eigenvalue weighted by atomic mass is 10.0. The molecule has 156 valence electrons. The van der Waals surface area contributed by atoms with Crippen molar-refractivity contribution in [1.29, 1.82) is 0 Å². The number of likely N-dealkylation sites (tertiary alicyclic amines) is 1. The van der Waals surface area contributed by atoms with E-state index in [0.717, 1.165) is 19.1 Å². The first-order valence-corrected chi connectivity index (χ1v) is 11.7. The second-order valence-corrected chi connectivity index (χ2v) is 9.87. The molecule has 0 radical (unpaired) electrons. The molecule has 1 aliphatic carbocycles. The molecule has 0 bridgehead atoms. The number of aryl methyl sites for hydroxylation is 1. The first-order chi connectivity index (χ1) is 13.8. The zero-order valence-electron chi connectivity index (χ0n) is 16.6. The highest BCUT2D eigenvalue weighted by Gasteiger charge is 2.43. The number of anilines is 1. The maximum absolute atomic E-state index is 12.7. The molecular weight excluding hydrogens is 392 g/mol. The summed E-state index contributed by atoms with van der Waals surface area (Å²) in [5.41, 5.74) is 2.42. The Kier molecular flexibility index (Phi) is 5.35. The van der Waals surface area contributed by atoms with Gasteiger partial charge in [0.05, 0.1) is 19.0 Å². The third-order valence-corrected chi connectivity index (χ3v) is 6.20. The van der Waals surface area contributed by atoms with E-state index in [4.69, 9.17) is 4.74 Å². The standard InChI is InChI=1S/C20H26N4O4S/c1-14-4-3-5-15(8-14)13-28-18-9-16-11-23(12-17(16)10-18)20(25)24-7-6-19(21-24)22-29(2,26)27/h3-8,16-18H,9-13H2,1-2H3,(H,21,22)/t16-,17+,18?. The lowest BCUT2D eigenvalue weighted by Crippen LogP contribution is -2.34. The van der Waals surface area contributed by atoms with Crippen LogP contribution in [0.3, 0.4) is 0 Å². The number of hydrogen-bond acceptors (Lipinski definition) is 5. The molecule has 2 aliphatic rings. The summed E-state index contributed by atoms with van der Waals surface area (Å²) in [6.07, 6.45) is 4.68. The van der Waals surface area contributed by atoms with Gasteiger partial charge >= 0.3 is 6.03 Å².